The highest BCUT2D eigenvalue weighted by atomic mass is 32.2. The van der Waals surface area contributed by atoms with Crippen LogP contribution in [0.5, 0.6) is 0 Å². The summed E-state index contributed by atoms with van der Waals surface area (Å²) < 4.78 is 37.8. The first-order valence-corrected chi connectivity index (χ1v) is 8.43. The van der Waals surface area contributed by atoms with E-state index >= 15 is 0 Å². The highest BCUT2D eigenvalue weighted by Gasteiger charge is 2.10. The molecule has 4 nitrogen and oxygen atoms in total. The number of nitrogens with zero attached hydrogens (tertiary/aromatic N) is 2. The Labute approximate surface area is 127 Å². The molecule has 0 aliphatic heterocycles. The van der Waals surface area contributed by atoms with Gasteiger partial charge in [-0.25, -0.2) is 17.8 Å². The van der Waals surface area contributed by atoms with Gasteiger partial charge in [-0.3, -0.25) is 4.57 Å². The van der Waals surface area contributed by atoms with E-state index in [0.29, 0.717) is 0 Å². The van der Waals surface area contributed by atoms with Gasteiger partial charge >= 0.3 is 0 Å². The number of halogens is 1. The molecule has 0 saturated carbocycles. The summed E-state index contributed by atoms with van der Waals surface area (Å²) >= 11 is 0. The normalized spacial score (nSPS) is 11.5. The molecule has 1 heterocycles. The van der Waals surface area contributed by atoms with Crippen LogP contribution < -0.4 is 0 Å². The van der Waals surface area contributed by atoms with Crippen molar-refractivity contribution in [2.75, 3.05) is 6.26 Å². The van der Waals surface area contributed by atoms with Crippen molar-refractivity contribution in [1.82, 2.24) is 9.55 Å². The van der Waals surface area contributed by atoms with Gasteiger partial charge in [0.15, 0.2) is 9.84 Å². The smallest absolute Gasteiger partial charge is 0.175 e. The molecule has 0 saturated heterocycles. The second-order valence-electron chi connectivity index (χ2n) is 4.92. The summed E-state index contributed by atoms with van der Waals surface area (Å²) in [5.74, 6) is -0.303. The van der Waals surface area contributed by atoms with Gasteiger partial charge in [0.05, 0.1) is 23.1 Å². The van der Waals surface area contributed by atoms with E-state index < -0.39 is 9.84 Å². The minimum absolute atomic E-state index is 0.268. The lowest BCUT2D eigenvalue weighted by Crippen LogP contribution is -1.98. The zero-order valence-electron chi connectivity index (χ0n) is 11.8. The summed E-state index contributed by atoms with van der Waals surface area (Å²) in [6.07, 6.45) is 4.48. The number of sulfone groups is 1. The topological polar surface area (TPSA) is 52.0 Å². The van der Waals surface area contributed by atoms with E-state index in [-0.39, 0.29) is 10.7 Å². The van der Waals surface area contributed by atoms with Crippen molar-refractivity contribution in [3.8, 4) is 16.9 Å². The molecule has 0 atom stereocenters. The molecule has 6 heteroatoms. The van der Waals surface area contributed by atoms with E-state index in [9.17, 15) is 12.8 Å². The lowest BCUT2D eigenvalue weighted by Gasteiger charge is -2.09. The predicted molar refractivity (Wildman–Crippen MR) is 82.1 cm³/mol. The van der Waals surface area contributed by atoms with Gasteiger partial charge in [0.25, 0.3) is 0 Å². The average molecular weight is 316 g/mol. The highest BCUT2D eigenvalue weighted by Crippen LogP contribution is 2.24. The van der Waals surface area contributed by atoms with Crippen molar-refractivity contribution in [2.24, 2.45) is 0 Å². The molecule has 0 spiro atoms. The Morgan fingerprint density at radius 3 is 2.23 bits per heavy atom. The highest BCUT2D eigenvalue weighted by molar-refractivity contribution is 7.90. The SMILES string of the molecule is CS(=O)(=O)c1ccc(-c2cncn2-c2ccc(F)cc2)cc1. The fourth-order valence-electron chi connectivity index (χ4n) is 2.19. The number of imidazole rings is 1. The van der Waals surface area contributed by atoms with E-state index in [1.165, 1.54) is 18.4 Å². The molecule has 0 radical (unpaired) electrons. The standard InChI is InChI=1S/C16H13FN2O2S/c1-22(20,21)15-8-2-12(3-9-15)16-10-18-11-19(16)14-6-4-13(17)5-7-14/h2-11H,1H3. The molecule has 0 aliphatic carbocycles. The van der Waals surface area contributed by atoms with Crippen LogP contribution in [0.1, 0.15) is 0 Å². The lowest BCUT2D eigenvalue weighted by atomic mass is 10.1. The fraction of sp³-hybridized carbons (Fsp3) is 0.0625. The number of benzene rings is 2. The van der Waals surface area contributed by atoms with Crippen molar-refractivity contribution in [3.05, 3.63) is 66.9 Å². The van der Waals surface area contributed by atoms with Gasteiger partial charge < -0.3 is 0 Å². The van der Waals surface area contributed by atoms with Gasteiger partial charge in [0, 0.05) is 17.5 Å². The third-order valence-electron chi connectivity index (χ3n) is 3.32. The zero-order valence-corrected chi connectivity index (χ0v) is 12.6. The van der Waals surface area contributed by atoms with Crippen LogP contribution in [0.4, 0.5) is 4.39 Å². The molecule has 3 rings (SSSR count). The summed E-state index contributed by atoms with van der Waals surface area (Å²) in [6.45, 7) is 0. The van der Waals surface area contributed by atoms with Crippen molar-refractivity contribution >= 4 is 9.84 Å². The van der Waals surface area contributed by atoms with Gasteiger partial charge in [-0.05, 0) is 36.4 Å². The summed E-state index contributed by atoms with van der Waals surface area (Å²) in [7, 11) is -3.22. The van der Waals surface area contributed by atoms with Crippen molar-refractivity contribution in [1.29, 1.82) is 0 Å². The summed E-state index contributed by atoms with van der Waals surface area (Å²) in [6, 6.07) is 12.7. The van der Waals surface area contributed by atoms with Crippen LogP contribution in [-0.4, -0.2) is 24.2 Å². The Kier molecular flexibility index (Phi) is 3.54. The minimum Gasteiger partial charge on any atom is -0.299 e. The summed E-state index contributed by atoms with van der Waals surface area (Å²) in [5.41, 5.74) is 2.40. The van der Waals surface area contributed by atoms with Gasteiger partial charge in [-0.1, -0.05) is 12.1 Å². The molecule has 112 valence electrons. The largest absolute Gasteiger partial charge is 0.299 e. The predicted octanol–water partition coefficient (Wildman–Crippen LogP) is 3.08. The van der Waals surface area contributed by atoms with E-state index in [1.807, 2.05) is 4.57 Å². The molecule has 2 aromatic carbocycles. The maximum atomic E-state index is 13.0. The van der Waals surface area contributed by atoms with E-state index in [2.05, 4.69) is 4.98 Å². The Morgan fingerprint density at radius 2 is 1.64 bits per heavy atom. The Balaban J connectivity index is 2.03. The van der Waals surface area contributed by atoms with E-state index in [1.54, 1.807) is 48.9 Å². The Morgan fingerprint density at radius 1 is 1.00 bits per heavy atom. The number of aromatic nitrogens is 2. The van der Waals surface area contributed by atoms with Crippen molar-refractivity contribution in [2.45, 2.75) is 4.90 Å². The van der Waals surface area contributed by atoms with Crippen LogP contribution in [0.15, 0.2) is 66.0 Å². The molecule has 0 unspecified atom stereocenters. The number of hydrogen-bond acceptors (Lipinski definition) is 3. The monoisotopic (exact) mass is 316 g/mol. The number of hydrogen-bond donors (Lipinski definition) is 0. The molecule has 1 aromatic heterocycles. The molecule has 22 heavy (non-hydrogen) atoms. The maximum absolute atomic E-state index is 13.0. The molecular formula is C16H13FN2O2S. The van der Waals surface area contributed by atoms with E-state index in [4.69, 9.17) is 0 Å². The molecule has 0 bridgehead atoms. The van der Waals surface area contributed by atoms with Gasteiger partial charge in [-0.2, -0.15) is 0 Å². The second-order valence-corrected chi connectivity index (χ2v) is 6.94. The van der Waals surface area contributed by atoms with Gasteiger partial charge in [0.1, 0.15) is 5.82 Å². The first-order chi connectivity index (χ1) is 10.4. The number of rotatable bonds is 3. The third-order valence-corrected chi connectivity index (χ3v) is 4.45. The first-order valence-electron chi connectivity index (χ1n) is 6.54. The zero-order chi connectivity index (χ0) is 15.7. The van der Waals surface area contributed by atoms with Crippen LogP contribution in [0, 0.1) is 5.82 Å². The molecule has 3 aromatic rings. The minimum atomic E-state index is -3.22. The third kappa shape index (κ3) is 2.78. The molecular weight excluding hydrogens is 303 g/mol. The molecule has 0 N–H and O–H groups in total. The Bertz CT molecular complexity index is 898. The molecule has 0 aliphatic rings. The van der Waals surface area contributed by atoms with Crippen LogP contribution in [-0.2, 0) is 9.84 Å². The van der Waals surface area contributed by atoms with E-state index in [0.717, 1.165) is 16.9 Å². The Hall–Kier alpha value is -2.47. The van der Waals surface area contributed by atoms with Crippen LogP contribution in [0.25, 0.3) is 16.9 Å². The second kappa shape index (κ2) is 5.38. The van der Waals surface area contributed by atoms with Gasteiger partial charge in [0.2, 0.25) is 0 Å². The summed E-state index contributed by atoms with van der Waals surface area (Å²) in [4.78, 5) is 4.39. The summed E-state index contributed by atoms with van der Waals surface area (Å²) in [5, 5.41) is 0. The van der Waals surface area contributed by atoms with Crippen LogP contribution in [0.3, 0.4) is 0 Å². The molecule has 0 fully saturated rings. The van der Waals surface area contributed by atoms with Crippen LogP contribution in [0.2, 0.25) is 0 Å². The maximum Gasteiger partial charge on any atom is 0.175 e. The fourth-order valence-corrected chi connectivity index (χ4v) is 2.82. The van der Waals surface area contributed by atoms with Crippen molar-refractivity contribution in [3.63, 3.8) is 0 Å². The van der Waals surface area contributed by atoms with Crippen molar-refractivity contribution < 1.29 is 12.8 Å². The first kappa shape index (κ1) is 14.5. The van der Waals surface area contributed by atoms with Gasteiger partial charge in [-0.15, -0.1) is 0 Å². The molecule has 0 amide bonds. The van der Waals surface area contributed by atoms with Crippen LogP contribution >= 0.6 is 0 Å². The quantitative estimate of drug-likeness (QED) is 0.746. The average Bonchev–Trinajstić information content (AvgIpc) is 2.97. The lowest BCUT2D eigenvalue weighted by molar-refractivity contribution is 0.602.